The second-order valence-corrected chi connectivity index (χ2v) is 8.16. The topological polar surface area (TPSA) is 97.1 Å². The van der Waals surface area contributed by atoms with Gasteiger partial charge >= 0.3 is 0 Å². The Balaban J connectivity index is 1.35. The summed E-state index contributed by atoms with van der Waals surface area (Å²) in [7, 11) is 1.71. The summed E-state index contributed by atoms with van der Waals surface area (Å²) in [5.74, 6) is 1.94. The number of aromatic amines is 1. The average Bonchev–Trinajstić information content (AvgIpc) is 3.33. The number of carbonyl (C=O) groups excluding carboxylic acids is 1. The highest BCUT2D eigenvalue weighted by atomic mass is 16.5. The van der Waals surface area contributed by atoms with Crippen molar-refractivity contribution in [2.24, 2.45) is 0 Å². The Bertz CT molecular complexity index is 1010. The first-order chi connectivity index (χ1) is 14.2. The quantitative estimate of drug-likeness (QED) is 0.689. The average molecular weight is 395 g/mol. The van der Waals surface area contributed by atoms with Gasteiger partial charge in [-0.1, -0.05) is 23.4 Å². The number of methoxy groups -OCH3 is 1. The molecule has 2 fully saturated rings. The second-order valence-electron chi connectivity index (χ2n) is 8.16. The number of nitrogens with zero attached hydrogens (tertiary/aromatic N) is 4. The van der Waals surface area contributed by atoms with Crippen molar-refractivity contribution in [1.82, 2.24) is 25.2 Å². The van der Waals surface area contributed by atoms with Crippen molar-refractivity contribution in [3.05, 3.63) is 41.7 Å². The molecular weight excluding hydrogens is 370 g/mol. The number of aromatic nitrogens is 4. The van der Waals surface area contributed by atoms with E-state index >= 15 is 0 Å². The molecule has 152 valence electrons. The SMILES string of the molecule is COCCC1(c2noc(C3CC3)n2)CCN(C(=O)c2n[nH]c3ccccc23)CC1. The molecule has 1 aliphatic carbocycles. The highest BCUT2D eigenvalue weighted by Gasteiger charge is 2.42. The lowest BCUT2D eigenvalue weighted by atomic mass is 9.75. The lowest BCUT2D eigenvalue weighted by Gasteiger charge is -2.39. The summed E-state index contributed by atoms with van der Waals surface area (Å²) in [5, 5.41) is 12.4. The highest BCUT2D eigenvalue weighted by Crippen LogP contribution is 2.42. The number of para-hydroxylation sites is 1. The molecule has 1 saturated carbocycles. The standard InChI is InChI=1S/C21H25N5O3/c1-28-13-10-21(20-22-18(29-25-20)14-6-7-14)8-11-26(12-9-21)19(27)17-15-4-2-3-5-16(15)23-24-17/h2-5,14H,6-13H2,1H3,(H,23,24). The highest BCUT2D eigenvalue weighted by molar-refractivity contribution is 6.04. The van der Waals surface area contributed by atoms with Gasteiger partial charge in [-0.05, 0) is 38.2 Å². The number of likely N-dealkylation sites (tertiary alicyclic amines) is 1. The van der Waals surface area contributed by atoms with Crippen LogP contribution in [0.15, 0.2) is 28.8 Å². The zero-order chi connectivity index (χ0) is 19.8. The van der Waals surface area contributed by atoms with E-state index in [1.165, 1.54) is 0 Å². The number of carbonyl (C=O) groups is 1. The first-order valence-corrected chi connectivity index (χ1v) is 10.3. The smallest absolute Gasteiger partial charge is 0.274 e. The number of piperidine rings is 1. The summed E-state index contributed by atoms with van der Waals surface area (Å²) in [6.07, 6.45) is 4.65. The van der Waals surface area contributed by atoms with Gasteiger partial charge in [-0.2, -0.15) is 10.1 Å². The van der Waals surface area contributed by atoms with Gasteiger partial charge in [0.05, 0.1) is 5.52 Å². The Labute approximate surface area is 168 Å². The van der Waals surface area contributed by atoms with Gasteiger partial charge in [-0.3, -0.25) is 9.89 Å². The summed E-state index contributed by atoms with van der Waals surface area (Å²) in [5.41, 5.74) is 1.15. The van der Waals surface area contributed by atoms with Crippen molar-refractivity contribution in [2.75, 3.05) is 26.8 Å². The van der Waals surface area contributed by atoms with Crippen LogP contribution < -0.4 is 0 Å². The molecule has 0 unspecified atom stereocenters. The van der Waals surface area contributed by atoms with Crippen LogP contribution in [0.3, 0.4) is 0 Å². The molecule has 0 spiro atoms. The van der Waals surface area contributed by atoms with E-state index in [4.69, 9.17) is 14.2 Å². The molecule has 1 N–H and O–H groups in total. The number of fused-ring (bicyclic) bond motifs is 1. The maximum absolute atomic E-state index is 13.1. The fraction of sp³-hybridized carbons (Fsp3) is 0.524. The number of amides is 1. The fourth-order valence-corrected chi connectivity index (χ4v) is 4.24. The Kier molecular flexibility index (Phi) is 4.58. The molecule has 3 heterocycles. The maximum Gasteiger partial charge on any atom is 0.274 e. The number of hydrogen-bond acceptors (Lipinski definition) is 6. The largest absolute Gasteiger partial charge is 0.385 e. The molecule has 29 heavy (non-hydrogen) atoms. The van der Waals surface area contributed by atoms with Gasteiger partial charge in [0.1, 0.15) is 0 Å². The van der Waals surface area contributed by atoms with Gasteiger partial charge in [0.15, 0.2) is 11.5 Å². The third-order valence-electron chi connectivity index (χ3n) is 6.31. The predicted octanol–water partition coefficient (Wildman–Crippen LogP) is 3.03. The van der Waals surface area contributed by atoms with Crippen molar-refractivity contribution in [3.8, 4) is 0 Å². The minimum absolute atomic E-state index is 0.0328. The molecule has 0 atom stereocenters. The number of H-pyrrole nitrogens is 1. The maximum atomic E-state index is 13.1. The molecule has 1 aromatic carbocycles. The van der Waals surface area contributed by atoms with Crippen LogP contribution in [0.1, 0.15) is 60.2 Å². The van der Waals surface area contributed by atoms with E-state index in [-0.39, 0.29) is 11.3 Å². The molecule has 0 bridgehead atoms. The van der Waals surface area contributed by atoms with Crippen molar-refractivity contribution in [2.45, 2.75) is 43.4 Å². The third kappa shape index (κ3) is 3.31. The summed E-state index contributed by atoms with van der Waals surface area (Å²) in [6.45, 7) is 1.90. The fourth-order valence-electron chi connectivity index (χ4n) is 4.24. The van der Waals surface area contributed by atoms with Crippen molar-refractivity contribution < 1.29 is 14.1 Å². The van der Waals surface area contributed by atoms with E-state index in [1.807, 2.05) is 29.2 Å². The molecule has 5 rings (SSSR count). The van der Waals surface area contributed by atoms with Crippen molar-refractivity contribution in [3.63, 3.8) is 0 Å². The van der Waals surface area contributed by atoms with Crippen molar-refractivity contribution in [1.29, 1.82) is 0 Å². The Morgan fingerprint density at radius 2 is 2.10 bits per heavy atom. The van der Waals surface area contributed by atoms with E-state index < -0.39 is 0 Å². The van der Waals surface area contributed by atoms with E-state index in [9.17, 15) is 4.79 Å². The zero-order valence-electron chi connectivity index (χ0n) is 16.6. The predicted molar refractivity (Wildman–Crippen MR) is 106 cm³/mol. The Morgan fingerprint density at radius 1 is 1.31 bits per heavy atom. The minimum atomic E-state index is -0.211. The molecule has 1 saturated heterocycles. The van der Waals surface area contributed by atoms with Crippen LogP contribution in [0.2, 0.25) is 0 Å². The zero-order valence-corrected chi connectivity index (χ0v) is 16.6. The summed E-state index contributed by atoms with van der Waals surface area (Å²) >= 11 is 0. The van der Waals surface area contributed by atoms with Crippen molar-refractivity contribution >= 4 is 16.8 Å². The Morgan fingerprint density at radius 3 is 2.86 bits per heavy atom. The summed E-state index contributed by atoms with van der Waals surface area (Å²) in [6, 6.07) is 7.71. The lowest BCUT2D eigenvalue weighted by Crippen LogP contribution is -2.46. The van der Waals surface area contributed by atoms with Crippen LogP contribution in [-0.4, -0.2) is 58.0 Å². The molecule has 2 aromatic heterocycles. The normalized spacial score (nSPS) is 19.0. The lowest BCUT2D eigenvalue weighted by molar-refractivity contribution is 0.0612. The molecule has 0 radical (unpaired) electrons. The minimum Gasteiger partial charge on any atom is -0.385 e. The third-order valence-corrected chi connectivity index (χ3v) is 6.31. The van der Waals surface area contributed by atoms with Gasteiger partial charge in [0, 0.05) is 43.5 Å². The van der Waals surface area contributed by atoms with Gasteiger partial charge in [-0.15, -0.1) is 0 Å². The molecule has 8 nitrogen and oxygen atoms in total. The van der Waals surface area contributed by atoms with Crippen LogP contribution in [0.4, 0.5) is 0 Å². The molecule has 3 aromatic rings. The molecule has 2 aliphatic rings. The number of rotatable bonds is 6. The summed E-state index contributed by atoms with van der Waals surface area (Å²) in [4.78, 5) is 19.7. The van der Waals surface area contributed by atoms with Crippen LogP contribution in [0, 0.1) is 0 Å². The number of benzene rings is 1. The molecular formula is C21H25N5O3. The van der Waals surface area contributed by atoms with Gasteiger partial charge in [0.25, 0.3) is 5.91 Å². The van der Waals surface area contributed by atoms with Gasteiger partial charge in [0.2, 0.25) is 5.89 Å². The van der Waals surface area contributed by atoms with E-state index in [1.54, 1.807) is 7.11 Å². The van der Waals surface area contributed by atoms with E-state index in [0.29, 0.717) is 31.3 Å². The monoisotopic (exact) mass is 395 g/mol. The first-order valence-electron chi connectivity index (χ1n) is 10.3. The van der Waals surface area contributed by atoms with Crippen LogP contribution >= 0.6 is 0 Å². The number of hydrogen-bond donors (Lipinski definition) is 1. The number of nitrogens with one attached hydrogen (secondary N) is 1. The molecule has 1 amide bonds. The van der Waals surface area contributed by atoms with E-state index in [2.05, 4.69) is 15.4 Å². The van der Waals surface area contributed by atoms with Crippen LogP contribution in [0.25, 0.3) is 10.9 Å². The van der Waals surface area contributed by atoms with Gasteiger partial charge < -0.3 is 14.2 Å². The van der Waals surface area contributed by atoms with Gasteiger partial charge in [-0.25, -0.2) is 0 Å². The molecule has 8 heteroatoms. The van der Waals surface area contributed by atoms with E-state index in [0.717, 1.165) is 54.7 Å². The first kappa shape index (κ1) is 18.3. The number of ether oxygens (including phenoxy) is 1. The molecule has 1 aliphatic heterocycles. The second kappa shape index (κ2) is 7.26. The Hall–Kier alpha value is -2.74. The summed E-state index contributed by atoms with van der Waals surface area (Å²) < 4.78 is 10.9. The van der Waals surface area contributed by atoms with Crippen LogP contribution in [0.5, 0.6) is 0 Å². The van der Waals surface area contributed by atoms with Crippen LogP contribution in [-0.2, 0) is 10.2 Å².